The summed E-state index contributed by atoms with van der Waals surface area (Å²) in [5.74, 6) is 6.57. The molecule has 0 radical (unpaired) electrons. The van der Waals surface area contributed by atoms with E-state index in [-0.39, 0.29) is 17.9 Å². The third-order valence-corrected chi connectivity index (χ3v) is 5.20. The van der Waals surface area contributed by atoms with E-state index < -0.39 is 11.7 Å². The van der Waals surface area contributed by atoms with Crippen molar-refractivity contribution >= 4 is 11.7 Å². The molecule has 0 atom stereocenters. The quantitative estimate of drug-likeness (QED) is 0.255. The number of hydrogen-bond acceptors (Lipinski definition) is 3. The maximum atomic E-state index is 13.7. The number of aromatic nitrogens is 1. The summed E-state index contributed by atoms with van der Waals surface area (Å²) in [5.41, 5.74) is 8.99. The number of rotatable bonds is 5. The molecule has 0 amide bonds. The van der Waals surface area contributed by atoms with Gasteiger partial charge in [-0.05, 0) is 55.4 Å². The van der Waals surface area contributed by atoms with E-state index in [0.29, 0.717) is 33.6 Å². The predicted octanol–water partition coefficient (Wildman–Crippen LogP) is 4.80. The van der Waals surface area contributed by atoms with Gasteiger partial charge in [-0.3, -0.25) is 5.41 Å². The molecule has 1 heterocycles. The Morgan fingerprint density at radius 1 is 1.09 bits per heavy atom. The van der Waals surface area contributed by atoms with E-state index in [1.165, 1.54) is 12.1 Å². The second kappa shape index (κ2) is 9.43. The van der Waals surface area contributed by atoms with Gasteiger partial charge in [-0.15, -0.1) is 0 Å². The molecule has 172 valence electrons. The molecule has 1 aromatic heterocycles. The van der Waals surface area contributed by atoms with E-state index in [0.717, 1.165) is 5.56 Å². The van der Waals surface area contributed by atoms with Crippen LogP contribution < -0.4 is 11.1 Å². The SMILES string of the molecule is CNc1[nH]cc(C#Cc2cc(-c3ccc(CN(C)C)c(C(F)(F)F)c3)ccc2C)c1C(=N)N. The minimum absolute atomic E-state index is 0.118. The van der Waals surface area contributed by atoms with Crippen molar-refractivity contribution in [2.75, 3.05) is 26.5 Å². The van der Waals surface area contributed by atoms with Crippen LogP contribution in [0.3, 0.4) is 0 Å². The molecule has 0 saturated carbocycles. The first-order valence-corrected chi connectivity index (χ1v) is 10.2. The van der Waals surface area contributed by atoms with Crippen molar-refractivity contribution in [3.8, 4) is 23.0 Å². The lowest BCUT2D eigenvalue weighted by Crippen LogP contribution is -2.16. The van der Waals surface area contributed by atoms with Crippen LogP contribution in [-0.2, 0) is 12.7 Å². The summed E-state index contributed by atoms with van der Waals surface area (Å²) in [6, 6.07) is 9.83. The number of nitrogens with one attached hydrogen (secondary N) is 3. The van der Waals surface area contributed by atoms with Crippen LogP contribution in [0.15, 0.2) is 42.6 Å². The normalized spacial score (nSPS) is 11.3. The van der Waals surface area contributed by atoms with E-state index in [9.17, 15) is 13.2 Å². The van der Waals surface area contributed by atoms with Crippen LogP contribution in [-0.4, -0.2) is 36.9 Å². The highest BCUT2D eigenvalue weighted by Gasteiger charge is 2.33. The van der Waals surface area contributed by atoms with Gasteiger partial charge >= 0.3 is 6.18 Å². The van der Waals surface area contributed by atoms with Crippen molar-refractivity contribution in [1.82, 2.24) is 9.88 Å². The average Bonchev–Trinajstić information content (AvgIpc) is 3.15. The highest BCUT2D eigenvalue weighted by Crippen LogP contribution is 2.35. The molecule has 33 heavy (non-hydrogen) atoms. The zero-order chi connectivity index (χ0) is 24.3. The number of nitrogen functional groups attached to an aromatic ring is 1. The number of hydrogen-bond donors (Lipinski definition) is 4. The summed E-state index contributed by atoms with van der Waals surface area (Å²) in [4.78, 5) is 4.70. The summed E-state index contributed by atoms with van der Waals surface area (Å²) in [7, 11) is 5.18. The highest BCUT2D eigenvalue weighted by atomic mass is 19.4. The zero-order valence-corrected chi connectivity index (χ0v) is 18.9. The molecule has 0 aliphatic carbocycles. The first-order valence-electron chi connectivity index (χ1n) is 10.2. The molecule has 5 N–H and O–H groups in total. The van der Waals surface area contributed by atoms with Gasteiger partial charge in [0.25, 0.3) is 0 Å². The van der Waals surface area contributed by atoms with Crippen LogP contribution in [0.4, 0.5) is 19.0 Å². The summed E-state index contributed by atoms with van der Waals surface area (Å²) < 4.78 is 41.1. The fourth-order valence-electron chi connectivity index (χ4n) is 3.57. The number of anilines is 1. The van der Waals surface area contributed by atoms with Crippen molar-refractivity contribution in [3.63, 3.8) is 0 Å². The average molecular weight is 454 g/mol. The number of nitrogens with zero attached hydrogens (tertiary/aromatic N) is 1. The first kappa shape index (κ1) is 24.0. The highest BCUT2D eigenvalue weighted by molar-refractivity contribution is 6.02. The molecule has 2 aromatic carbocycles. The number of aromatic amines is 1. The number of aryl methyl sites for hydroxylation is 1. The lowest BCUT2D eigenvalue weighted by atomic mass is 9.96. The molecule has 0 aliphatic rings. The molecule has 0 bridgehead atoms. The second-order valence-corrected chi connectivity index (χ2v) is 8.00. The fraction of sp³-hybridized carbons (Fsp3) is 0.240. The lowest BCUT2D eigenvalue weighted by Gasteiger charge is -2.18. The van der Waals surface area contributed by atoms with E-state index in [2.05, 4.69) is 22.1 Å². The fourth-order valence-corrected chi connectivity index (χ4v) is 3.57. The van der Waals surface area contributed by atoms with Gasteiger partial charge in [0, 0.05) is 25.4 Å². The van der Waals surface area contributed by atoms with E-state index in [1.807, 2.05) is 13.0 Å². The van der Waals surface area contributed by atoms with Crippen LogP contribution in [0.2, 0.25) is 0 Å². The van der Waals surface area contributed by atoms with E-state index >= 15 is 0 Å². The first-order chi connectivity index (χ1) is 15.5. The van der Waals surface area contributed by atoms with Gasteiger partial charge in [-0.25, -0.2) is 0 Å². The number of benzene rings is 2. The number of alkyl halides is 3. The Balaban J connectivity index is 2.04. The Bertz CT molecular complexity index is 1240. The topological polar surface area (TPSA) is 80.9 Å². The minimum atomic E-state index is -4.45. The van der Waals surface area contributed by atoms with Crippen molar-refractivity contribution in [2.45, 2.75) is 19.6 Å². The lowest BCUT2D eigenvalue weighted by molar-refractivity contribution is -0.138. The van der Waals surface area contributed by atoms with Crippen LogP contribution in [0.25, 0.3) is 11.1 Å². The summed E-state index contributed by atoms with van der Waals surface area (Å²) in [6.45, 7) is 2.08. The summed E-state index contributed by atoms with van der Waals surface area (Å²) in [6.07, 6.45) is -2.79. The third kappa shape index (κ3) is 5.38. The van der Waals surface area contributed by atoms with Crippen LogP contribution >= 0.6 is 0 Å². The molecule has 0 saturated heterocycles. The molecular weight excluding hydrogens is 427 g/mol. The maximum Gasteiger partial charge on any atom is 0.416 e. The van der Waals surface area contributed by atoms with Gasteiger partial charge in [0.1, 0.15) is 11.7 Å². The summed E-state index contributed by atoms with van der Waals surface area (Å²) >= 11 is 0. The Morgan fingerprint density at radius 2 is 1.73 bits per heavy atom. The number of nitrogens with two attached hydrogens (primary N) is 1. The van der Waals surface area contributed by atoms with Crippen LogP contribution in [0, 0.1) is 24.2 Å². The van der Waals surface area contributed by atoms with Crippen molar-refractivity contribution in [2.24, 2.45) is 5.73 Å². The molecule has 0 spiro atoms. The van der Waals surface area contributed by atoms with Crippen LogP contribution in [0.5, 0.6) is 0 Å². The predicted molar refractivity (Wildman–Crippen MR) is 126 cm³/mol. The molecule has 0 unspecified atom stereocenters. The van der Waals surface area contributed by atoms with E-state index in [1.54, 1.807) is 50.4 Å². The van der Waals surface area contributed by atoms with Crippen molar-refractivity contribution in [1.29, 1.82) is 5.41 Å². The smallest absolute Gasteiger partial charge is 0.384 e. The third-order valence-electron chi connectivity index (χ3n) is 5.20. The maximum absolute atomic E-state index is 13.7. The number of amidine groups is 1. The van der Waals surface area contributed by atoms with Crippen molar-refractivity contribution in [3.05, 3.63) is 76.0 Å². The van der Waals surface area contributed by atoms with Gasteiger partial charge < -0.3 is 20.9 Å². The number of H-pyrrole nitrogens is 1. The monoisotopic (exact) mass is 453 g/mol. The molecular formula is C25H26F3N5. The number of halogens is 3. The molecule has 3 aromatic rings. The molecule has 5 nitrogen and oxygen atoms in total. The Hall–Kier alpha value is -3.70. The van der Waals surface area contributed by atoms with Gasteiger partial charge in [-0.1, -0.05) is 36.1 Å². The minimum Gasteiger partial charge on any atom is -0.384 e. The van der Waals surface area contributed by atoms with Crippen LogP contribution in [0.1, 0.15) is 33.4 Å². The van der Waals surface area contributed by atoms with Crippen molar-refractivity contribution < 1.29 is 13.2 Å². The zero-order valence-electron chi connectivity index (χ0n) is 18.9. The second-order valence-electron chi connectivity index (χ2n) is 8.00. The Labute approximate surface area is 191 Å². The van der Waals surface area contributed by atoms with E-state index in [4.69, 9.17) is 11.1 Å². The molecule has 0 aliphatic heterocycles. The standard InChI is InChI=1S/C25H26F3N5/c1-15-5-6-17(18-8-10-20(14-33(3)4)21(12-18)25(26,27)28)11-16(15)7-9-19-13-32-24(31-2)22(19)23(29)30/h5-6,8,10-13,31-32H,14H2,1-4H3,(H3,29,30). The molecule has 8 heteroatoms. The Kier molecular flexibility index (Phi) is 6.84. The molecule has 3 rings (SSSR count). The van der Waals surface area contributed by atoms with Gasteiger partial charge in [0.05, 0.1) is 16.7 Å². The van der Waals surface area contributed by atoms with Gasteiger partial charge in [0.15, 0.2) is 0 Å². The van der Waals surface area contributed by atoms with Gasteiger partial charge in [-0.2, -0.15) is 13.2 Å². The summed E-state index contributed by atoms with van der Waals surface area (Å²) in [5, 5.41) is 10.7. The van der Waals surface area contributed by atoms with Gasteiger partial charge in [0.2, 0.25) is 0 Å². The molecule has 0 fully saturated rings. The largest absolute Gasteiger partial charge is 0.416 e. The Morgan fingerprint density at radius 3 is 2.33 bits per heavy atom.